The maximum atomic E-state index is 12.2. The van der Waals surface area contributed by atoms with E-state index in [9.17, 15) is 9.59 Å². The molecule has 6 nitrogen and oxygen atoms in total. The van der Waals surface area contributed by atoms with E-state index in [1.54, 1.807) is 6.07 Å². The molecule has 2 N–H and O–H groups in total. The summed E-state index contributed by atoms with van der Waals surface area (Å²) in [6.07, 6.45) is 2.12. The van der Waals surface area contributed by atoms with Crippen molar-refractivity contribution in [2.45, 2.75) is 31.5 Å². The molecule has 7 heteroatoms. The molecule has 1 aliphatic carbocycles. The number of nitrogens with one attached hydrogen (secondary N) is 1. The van der Waals surface area contributed by atoms with E-state index in [1.807, 2.05) is 6.07 Å². The van der Waals surface area contributed by atoms with Gasteiger partial charge in [-0.3, -0.25) is 9.69 Å². The quantitative estimate of drug-likeness (QED) is 0.846. The molecule has 1 atom stereocenters. The van der Waals surface area contributed by atoms with Gasteiger partial charge in [-0.2, -0.15) is 0 Å². The van der Waals surface area contributed by atoms with Gasteiger partial charge in [0.05, 0.1) is 13.2 Å². The van der Waals surface area contributed by atoms with Crippen molar-refractivity contribution in [2.75, 3.05) is 19.8 Å². The van der Waals surface area contributed by atoms with E-state index < -0.39 is 5.97 Å². The highest BCUT2D eigenvalue weighted by Crippen LogP contribution is 2.22. The Labute approximate surface area is 126 Å². The lowest BCUT2D eigenvalue weighted by Crippen LogP contribution is -2.53. The Morgan fingerprint density at radius 1 is 1.43 bits per heavy atom. The van der Waals surface area contributed by atoms with Crippen LogP contribution in [0.2, 0.25) is 0 Å². The first-order valence-electron chi connectivity index (χ1n) is 7.07. The van der Waals surface area contributed by atoms with Crippen LogP contribution in [0.1, 0.15) is 27.4 Å². The number of thiophene rings is 1. The highest BCUT2D eigenvalue weighted by Gasteiger charge is 2.33. The van der Waals surface area contributed by atoms with Crippen LogP contribution in [0.15, 0.2) is 12.1 Å². The minimum absolute atomic E-state index is 0.0206. The highest BCUT2D eigenvalue weighted by molar-refractivity contribution is 7.13. The Morgan fingerprint density at radius 3 is 2.90 bits per heavy atom. The summed E-state index contributed by atoms with van der Waals surface area (Å²) in [5, 5.41) is 12.0. The van der Waals surface area contributed by atoms with Crippen molar-refractivity contribution in [3.05, 3.63) is 21.9 Å². The SMILES string of the molecule is O=C(O)c1ccc(CN2CCOCC2C(=O)NC2CC2)s1. The Morgan fingerprint density at radius 2 is 2.24 bits per heavy atom. The van der Waals surface area contributed by atoms with Crippen LogP contribution < -0.4 is 5.32 Å². The molecule has 2 aliphatic rings. The summed E-state index contributed by atoms with van der Waals surface area (Å²) in [7, 11) is 0. The normalized spacial score (nSPS) is 23.0. The van der Waals surface area contributed by atoms with Gasteiger partial charge in [0.15, 0.2) is 0 Å². The van der Waals surface area contributed by atoms with E-state index in [-0.39, 0.29) is 11.9 Å². The van der Waals surface area contributed by atoms with Gasteiger partial charge >= 0.3 is 5.97 Å². The molecule has 0 spiro atoms. The molecule has 1 aromatic rings. The van der Waals surface area contributed by atoms with Gasteiger partial charge in [0.2, 0.25) is 5.91 Å². The Kier molecular flexibility index (Phi) is 4.23. The summed E-state index contributed by atoms with van der Waals surface area (Å²) in [5.41, 5.74) is 0. The first kappa shape index (κ1) is 14.5. The number of morpholine rings is 1. The van der Waals surface area contributed by atoms with Crippen LogP contribution in [0.4, 0.5) is 0 Å². The van der Waals surface area contributed by atoms with Crippen molar-refractivity contribution in [1.82, 2.24) is 10.2 Å². The zero-order chi connectivity index (χ0) is 14.8. The highest BCUT2D eigenvalue weighted by atomic mass is 32.1. The van der Waals surface area contributed by atoms with Gasteiger partial charge in [0, 0.05) is 24.0 Å². The molecule has 0 radical (unpaired) electrons. The lowest BCUT2D eigenvalue weighted by molar-refractivity contribution is -0.133. The average molecular weight is 310 g/mol. The molecule has 2 fully saturated rings. The average Bonchev–Trinajstić information content (AvgIpc) is 3.14. The number of carboxylic acids is 1. The molecule has 1 unspecified atom stereocenters. The molecule has 1 saturated carbocycles. The first-order chi connectivity index (χ1) is 10.1. The smallest absolute Gasteiger partial charge is 0.345 e. The molecule has 21 heavy (non-hydrogen) atoms. The maximum Gasteiger partial charge on any atom is 0.345 e. The standard InChI is InChI=1S/C14H18N2O4S/c17-13(15-9-1-2-9)11-8-20-6-5-16(11)7-10-3-4-12(21-10)14(18)19/h3-4,9,11H,1-2,5-8H2,(H,15,17)(H,18,19). The Bertz CT molecular complexity index is 541. The van der Waals surface area contributed by atoms with E-state index in [1.165, 1.54) is 11.3 Å². The Balaban J connectivity index is 1.65. The van der Waals surface area contributed by atoms with Gasteiger partial charge in [-0.15, -0.1) is 11.3 Å². The molecule has 1 amide bonds. The number of amides is 1. The largest absolute Gasteiger partial charge is 0.477 e. The Hall–Kier alpha value is -1.44. The fourth-order valence-electron chi connectivity index (χ4n) is 2.37. The second kappa shape index (κ2) is 6.13. The monoisotopic (exact) mass is 310 g/mol. The van der Waals surface area contributed by atoms with Gasteiger partial charge in [0.25, 0.3) is 0 Å². The van der Waals surface area contributed by atoms with Crippen molar-refractivity contribution in [3.8, 4) is 0 Å². The summed E-state index contributed by atoms with van der Waals surface area (Å²) < 4.78 is 5.42. The summed E-state index contributed by atoms with van der Waals surface area (Å²) in [6.45, 7) is 2.27. The van der Waals surface area contributed by atoms with Gasteiger partial charge in [-0.05, 0) is 25.0 Å². The topological polar surface area (TPSA) is 78.9 Å². The van der Waals surface area contributed by atoms with Crippen LogP contribution in [-0.4, -0.2) is 53.7 Å². The third-order valence-corrected chi connectivity index (χ3v) is 4.76. The molecule has 1 aromatic heterocycles. The first-order valence-corrected chi connectivity index (χ1v) is 7.89. The summed E-state index contributed by atoms with van der Waals surface area (Å²) in [6, 6.07) is 3.48. The number of ether oxygens (including phenoxy) is 1. The molecule has 0 bridgehead atoms. The molecular formula is C14H18N2O4S. The number of aromatic carboxylic acids is 1. The van der Waals surface area contributed by atoms with Crippen molar-refractivity contribution >= 4 is 23.2 Å². The van der Waals surface area contributed by atoms with Crippen molar-refractivity contribution in [3.63, 3.8) is 0 Å². The molecular weight excluding hydrogens is 292 g/mol. The number of hydrogen-bond acceptors (Lipinski definition) is 5. The third-order valence-electron chi connectivity index (χ3n) is 3.70. The number of nitrogens with zero attached hydrogens (tertiary/aromatic N) is 1. The second-order valence-corrected chi connectivity index (χ2v) is 6.58. The number of carbonyl (C=O) groups excluding carboxylic acids is 1. The van der Waals surface area contributed by atoms with Crippen LogP contribution in [0.5, 0.6) is 0 Å². The van der Waals surface area contributed by atoms with E-state index in [2.05, 4.69) is 10.2 Å². The second-order valence-electron chi connectivity index (χ2n) is 5.42. The van der Waals surface area contributed by atoms with E-state index in [0.29, 0.717) is 37.2 Å². The van der Waals surface area contributed by atoms with Crippen molar-refractivity contribution < 1.29 is 19.4 Å². The molecule has 114 valence electrons. The molecule has 1 saturated heterocycles. The zero-order valence-corrected chi connectivity index (χ0v) is 12.4. The van der Waals surface area contributed by atoms with Crippen LogP contribution >= 0.6 is 11.3 Å². The van der Waals surface area contributed by atoms with Crippen molar-refractivity contribution in [1.29, 1.82) is 0 Å². The van der Waals surface area contributed by atoms with Gasteiger partial charge in [0.1, 0.15) is 10.9 Å². The van der Waals surface area contributed by atoms with Gasteiger partial charge < -0.3 is 15.2 Å². The lowest BCUT2D eigenvalue weighted by atomic mass is 10.2. The van der Waals surface area contributed by atoms with Gasteiger partial charge in [-0.1, -0.05) is 0 Å². The number of hydrogen-bond donors (Lipinski definition) is 2. The molecule has 2 heterocycles. The van der Waals surface area contributed by atoms with E-state index >= 15 is 0 Å². The molecule has 1 aliphatic heterocycles. The third kappa shape index (κ3) is 3.61. The zero-order valence-electron chi connectivity index (χ0n) is 11.6. The minimum atomic E-state index is -0.906. The fourth-order valence-corrected chi connectivity index (χ4v) is 3.24. The van der Waals surface area contributed by atoms with Crippen molar-refractivity contribution in [2.24, 2.45) is 0 Å². The number of rotatable bonds is 5. The fraction of sp³-hybridized carbons (Fsp3) is 0.571. The van der Waals surface area contributed by atoms with Crippen LogP contribution in [0, 0.1) is 0 Å². The van der Waals surface area contributed by atoms with Crippen LogP contribution in [-0.2, 0) is 16.1 Å². The van der Waals surface area contributed by atoms with Crippen LogP contribution in [0.25, 0.3) is 0 Å². The maximum absolute atomic E-state index is 12.2. The minimum Gasteiger partial charge on any atom is -0.477 e. The summed E-state index contributed by atoms with van der Waals surface area (Å²) in [5.74, 6) is -0.886. The van der Waals surface area contributed by atoms with E-state index in [0.717, 1.165) is 17.7 Å². The predicted molar refractivity (Wildman–Crippen MR) is 77.5 cm³/mol. The summed E-state index contributed by atoms with van der Waals surface area (Å²) >= 11 is 1.26. The van der Waals surface area contributed by atoms with E-state index in [4.69, 9.17) is 9.84 Å². The number of carboxylic acid groups (broad SMARTS) is 1. The van der Waals surface area contributed by atoms with Gasteiger partial charge in [-0.25, -0.2) is 4.79 Å². The number of carbonyl (C=O) groups is 2. The molecule has 0 aromatic carbocycles. The predicted octanol–water partition coefficient (Wildman–Crippen LogP) is 0.926. The summed E-state index contributed by atoms with van der Waals surface area (Å²) in [4.78, 5) is 26.5. The lowest BCUT2D eigenvalue weighted by Gasteiger charge is -2.34. The van der Waals surface area contributed by atoms with Crippen LogP contribution in [0.3, 0.4) is 0 Å². The molecule has 3 rings (SSSR count).